The van der Waals surface area contributed by atoms with Crippen LogP contribution in [0.3, 0.4) is 0 Å². The molecule has 0 amide bonds. The van der Waals surface area contributed by atoms with Crippen molar-refractivity contribution in [3.8, 4) is 0 Å². The Bertz CT molecular complexity index is 205. The summed E-state index contributed by atoms with van der Waals surface area (Å²) in [4.78, 5) is 19.5. The summed E-state index contributed by atoms with van der Waals surface area (Å²) in [5.74, 6) is -3.54. The monoisotopic (exact) mass is 357 g/mol. The number of hydrogen-bond acceptors (Lipinski definition) is 4. The Morgan fingerprint density at radius 2 is 1.12 bits per heavy atom. The molecule has 0 aliphatic heterocycles. The Morgan fingerprint density at radius 3 is 1.18 bits per heavy atom. The molecule has 0 bridgehead atoms. The summed E-state index contributed by atoms with van der Waals surface area (Å²) >= 11 is -0.653. The molecule has 101 valence electrons. The molecular formula is C10H21O6Sn. The second kappa shape index (κ2) is 10.8. The van der Waals surface area contributed by atoms with Crippen LogP contribution in [-0.4, -0.2) is 64.3 Å². The molecule has 4 N–H and O–H groups in total. The predicted octanol–water partition coefficient (Wildman–Crippen LogP) is 0.418. The number of aliphatic hydroxyl groups is 2. The van der Waals surface area contributed by atoms with E-state index in [4.69, 9.17) is 20.4 Å². The second-order valence-electron chi connectivity index (χ2n) is 3.38. The summed E-state index contributed by atoms with van der Waals surface area (Å²) in [6.07, 6.45) is -4.53. The normalized spacial score (nSPS) is 13.5. The van der Waals surface area contributed by atoms with Crippen LogP contribution in [0.5, 0.6) is 0 Å². The molecular weight excluding hydrogens is 335 g/mol. The zero-order chi connectivity index (χ0) is 14.0. The largest absolute Gasteiger partial charge is 0.479 e. The molecule has 17 heavy (non-hydrogen) atoms. The summed E-state index contributed by atoms with van der Waals surface area (Å²) in [7, 11) is 0. The van der Waals surface area contributed by atoms with E-state index < -0.39 is 43.9 Å². The minimum Gasteiger partial charge on any atom is -0.479 e. The van der Waals surface area contributed by atoms with Gasteiger partial charge in [-0.25, -0.2) is 9.59 Å². The fourth-order valence-electron chi connectivity index (χ4n) is 1.02. The molecule has 0 aromatic heterocycles. The summed E-state index contributed by atoms with van der Waals surface area (Å²) in [5.41, 5.74) is 0. The molecule has 0 spiro atoms. The van der Waals surface area contributed by atoms with Crippen molar-refractivity contribution in [2.24, 2.45) is 0 Å². The van der Waals surface area contributed by atoms with Crippen LogP contribution in [0.15, 0.2) is 0 Å². The fraction of sp³-hybridized carbons (Fsp3) is 0.800. The topological polar surface area (TPSA) is 115 Å². The quantitative estimate of drug-likeness (QED) is 0.513. The number of hydrogen-bond donors (Lipinski definition) is 4. The van der Waals surface area contributed by atoms with Crippen molar-refractivity contribution in [2.45, 2.75) is 46.3 Å². The molecule has 0 saturated heterocycles. The van der Waals surface area contributed by atoms with Gasteiger partial charge in [0.1, 0.15) is 0 Å². The zero-order valence-electron chi connectivity index (χ0n) is 10.4. The van der Waals surface area contributed by atoms with Gasteiger partial charge in [0.2, 0.25) is 0 Å². The van der Waals surface area contributed by atoms with Gasteiger partial charge in [-0.05, 0) is 0 Å². The Balaban J connectivity index is 0. The van der Waals surface area contributed by atoms with Crippen molar-refractivity contribution < 1.29 is 30.0 Å². The van der Waals surface area contributed by atoms with Crippen molar-refractivity contribution >= 4 is 31.7 Å². The molecule has 0 aromatic carbocycles. The van der Waals surface area contributed by atoms with Crippen LogP contribution < -0.4 is 0 Å². The van der Waals surface area contributed by atoms with Crippen LogP contribution in [-0.2, 0) is 9.59 Å². The first kappa shape index (κ1) is 19.0. The van der Waals surface area contributed by atoms with Crippen LogP contribution >= 0.6 is 0 Å². The summed E-state index contributed by atoms with van der Waals surface area (Å²) in [6, 6.07) is 0. The van der Waals surface area contributed by atoms with Crippen LogP contribution in [0.4, 0.5) is 0 Å². The number of carboxylic acids is 2. The number of carboxylic acid groups (broad SMARTS) is 2. The zero-order valence-corrected chi connectivity index (χ0v) is 13.2. The second-order valence-corrected chi connectivity index (χ2v) is 13.7. The van der Waals surface area contributed by atoms with E-state index in [1.54, 1.807) is 13.3 Å². The van der Waals surface area contributed by atoms with Gasteiger partial charge >= 0.3 is 65.8 Å². The molecule has 0 rings (SSSR count). The van der Waals surface area contributed by atoms with Gasteiger partial charge in [0.15, 0.2) is 12.2 Å². The molecule has 2 unspecified atom stereocenters. The van der Waals surface area contributed by atoms with Gasteiger partial charge in [-0.2, -0.15) is 0 Å². The molecule has 2 atom stereocenters. The Kier molecular flexibility index (Phi) is 12.1. The molecule has 7 heteroatoms. The SMILES string of the molecule is C[CH2][Sn]([CH2]C)[CH2]C.O=C(O)C(O)C(O)C(=O)O. The van der Waals surface area contributed by atoms with Gasteiger partial charge in [-0.15, -0.1) is 0 Å². The van der Waals surface area contributed by atoms with E-state index in [1.807, 2.05) is 0 Å². The van der Waals surface area contributed by atoms with Crippen LogP contribution in [0.1, 0.15) is 20.8 Å². The predicted molar refractivity (Wildman–Crippen MR) is 64.5 cm³/mol. The van der Waals surface area contributed by atoms with Crippen molar-refractivity contribution in [3.05, 3.63) is 0 Å². The number of rotatable bonds is 6. The van der Waals surface area contributed by atoms with E-state index in [2.05, 4.69) is 20.8 Å². The van der Waals surface area contributed by atoms with Gasteiger partial charge in [0, 0.05) is 0 Å². The van der Waals surface area contributed by atoms with Crippen molar-refractivity contribution in [1.29, 1.82) is 0 Å². The van der Waals surface area contributed by atoms with Gasteiger partial charge in [0.25, 0.3) is 0 Å². The third-order valence-corrected chi connectivity index (χ3v) is 10.9. The average molecular weight is 356 g/mol. The molecule has 0 aliphatic rings. The van der Waals surface area contributed by atoms with Crippen LogP contribution in [0.25, 0.3) is 0 Å². The Morgan fingerprint density at radius 1 is 0.882 bits per heavy atom. The molecule has 0 saturated carbocycles. The smallest absolute Gasteiger partial charge is 0.335 e. The van der Waals surface area contributed by atoms with Gasteiger partial charge < -0.3 is 20.4 Å². The Labute approximate surface area is 108 Å². The molecule has 0 aromatic rings. The molecule has 0 fully saturated rings. The molecule has 6 nitrogen and oxygen atoms in total. The Hall–Kier alpha value is -0.341. The summed E-state index contributed by atoms with van der Waals surface area (Å²) in [6.45, 7) is 7.05. The van der Waals surface area contributed by atoms with E-state index >= 15 is 0 Å². The van der Waals surface area contributed by atoms with Gasteiger partial charge in [-0.1, -0.05) is 0 Å². The van der Waals surface area contributed by atoms with Crippen LogP contribution in [0, 0.1) is 0 Å². The first-order chi connectivity index (χ1) is 7.81. The summed E-state index contributed by atoms with van der Waals surface area (Å²) in [5, 5.41) is 32.5. The van der Waals surface area contributed by atoms with E-state index in [1.165, 1.54) is 0 Å². The summed E-state index contributed by atoms with van der Waals surface area (Å²) < 4.78 is 4.65. The van der Waals surface area contributed by atoms with E-state index in [-0.39, 0.29) is 0 Å². The first-order valence-electron chi connectivity index (χ1n) is 5.46. The van der Waals surface area contributed by atoms with Gasteiger partial charge in [-0.3, -0.25) is 0 Å². The number of aliphatic hydroxyl groups excluding tert-OH is 2. The number of aliphatic carboxylic acids is 2. The third-order valence-electron chi connectivity index (χ3n) is 2.31. The number of carbonyl (C=O) groups is 2. The third kappa shape index (κ3) is 9.37. The standard InChI is InChI=1S/C4H6O6.3C2H5.Sn/c5-1(3(7)8)2(6)4(9)10;3*1-2;/h1-2,5-6H,(H,7,8)(H,9,10);3*1H2,2H3;. The average Bonchev–Trinajstić information content (AvgIpc) is 2.30. The molecule has 0 aliphatic carbocycles. The van der Waals surface area contributed by atoms with Gasteiger partial charge in [0.05, 0.1) is 0 Å². The van der Waals surface area contributed by atoms with E-state index in [0.717, 1.165) is 0 Å². The van der Waals surface area contributed by atoms with Crippen LogP contribution in [0.2, 0.25) is 13.3 Å². The first-order valence-corrected chi connectivity index (χ1v) is 11.5. The van der Waals surface area contributed by atoms with Crippen molar-refractivity contribution in [2.75, 3.05) is 0 Å². The minimum absolute atomic E-state index is 0.653. The van der Waals surface area contributed by atoms with E-state index in [0.29, 0.717) is 0 Å². The fourth-order valence-corrected chi connectivity index (χ4v) is 5.30. The molecule has 0 heterocycles. The van der Waals surface area contributed by atoms with Crippen molar-refractivity contribution in [3.63, 3.8) is 0 Å². The maximum Gasteiger partial charge on any atom is 0.335 e. The maximum atomic E-state index is 9.77. The van der Waals surface area contributed by atoms with Crippen molar-refractivity contribution in [1.82, 2.24) is 0 Å². The van der Waals surface area contributed by atoms with E-state index in [9.17, 15) is 9.59 Å². The minimum atomic E-state index is -2.27. The molecule has 1 radical (unpaired) electrons. The maximum absolute atomic E-state index is 9.77.